The smallest absolute Gasteiger partial charge is 0.237 e. The van der Waals surface area contributed by atoms with Crippen LogP contribution in [0.1, 0.15) is 39.5 Å². The van der Waals surface area contributed by atoms with Gasteiger partial charge in [-0.25, -0.2) is 9.59 Å². The van der Waals surface area contributed by atoms with Crippen LogP contribution in [-0.4, -0.2) is 37.8 Å². The zero-order chi connectivity index (χ0) is 13.6. The van der Waals surface area contributed by atoms with Gasteiger partial charge in [-0.15, -0.1) is 0 Å². The summed E-state index contributed by atoms with van der Waals surface area (Å²) in [6.07, 6.45) is 4.40. The van der Waals surface area contributed by atoms with Gasteiger partial charge in [0, 0.05) is 13.2 Å². The SMILES string of the molecule is CCCOCCCC(N=C=O)OC(CC)N=C=O. The van der Waals surface area contributed by atoms with Crippen LogP contribution >= 0.6 is 0 Å². The second-order valence-corrected chi connectivity index (χ2v) is 3.65. The third kappa shape index (κ3) is 8.79. The maximum Gasteiger partial charge on any atom is 0.237 e. The molecule has 0 radical (unpaired) electrons. The van der Waals surface area contributed by atoms with Crippen LogP contribution in [-0.2, 0) is 19.1 Å². The molecule has 0 saturated heterocycles. The lowest BCUT2D eigenvalue weighted by Crippen LogP contribution is -2.19. The second kappa shape index (κ2) is 12.1. The van der Waals surface area contributed by atoms with Crippen LogP contribution in [0.4, 0.5) is 0 Å². The van der Waals surface area contributed by atoms with E-state index in [1.54, 1.807) is 0 Å². The Labute approximate surface area is 107 Å². The summed E-state index contributed by atoms with van der Waals surface area (Å²) in [7, 11) is 0. The number of rotatable bonds is 11. The Bertz CT molecular complexity index is 296. The highest BCUT2D eigenvalue weighted by Gasteiger charge is 2.13. The van der Waals surface area contributed by atoms with Gasteiger partial charge < -0.3 is 9.47 Å². The van der Waals surface area contributed by atoms with Crippen molar-refractivity contribution in [2.45, 2.75) is 52.0 Å². The standard InChI is InChI=1S/C12H20N2O4/c1-3-7-17-8-5-6-12(14-10-16)18-11(4-2)13-9-15/h11-12H,3-8H2,1-2H3. The van der Waals surface area contributed by atoms with Gasteiger partial charge in [0.2, 0.25) is 12.2 Å². The zero-order valence-corrected chi connectivity index (χ0v) is 10.9. The molecule has 0 aromatic carbocycles. The first-order chi connectivity index (χ1) is 8.78. The van der Waals surface area contributed by atoms with Crippen LogP contribution < -0.4 is 0 Å². The molecule has 0 aromatic heterocycles. The minimum absolute atomic E-state index is 0.520. The van der Waals surface area contributed by atoms with Crippen LogP contribution in [0.25, 0.3) is 0 Å². The number of isocyanates is 2. The van der Waals surface area contributed by atoms with Gasteiger partial charge in [0.25, 0.3) is 0 Å². The van der Waals surface area contributed by atoms with Gasteiger partial charge in [0.1, 0.15) is 0 Å². The molecule has 0 spiro atoms. The second-order valence-electron chi connectivity index (χ2n) is 3.65. The molecule has 0 fully saturated rings. The Morgan fingerprint density at radius 2 is 1.72 bits per heavy atom. The molecule has 2 atom stereocenters. The number of aliphatic imine (C=N–C) groups is 2. The fourth-order valence-corrected chi connectivity index (χ4v) is 1.29. The molecule has 102 valence electrons. The maximum absolute atomic E-state index is 10.3. The van der Waals surface area contributed by atoms with Crippen LogP contribution in [0, 0.1) is 0 Å². The fourth-order valence-electron chi connectivity index (χ4n) is 1.29. The van der Waals surface area contributed by atoms with E-state index in [4.69, 9.17) is 9.47 Å². The predicted octanol–water partition coefficient (Wildman–Crippen LogP) is 1.94. The Hall–Kier alpha value is -1.32. The molecule has 6 heteroatoms. The summed E-state index contributed by atoms with van der Waals surface area (Å²) in [5.41, 5.74) is 0. The average Bonchev–Trinajstić information content (AvgIpc) is 2.38. The highest BCUT2D eigenvalue weighted by molar-refractivity contribution is 5.33. The molecule has 0 amide bonds. The Morgan fingerprint density at radius 3 is 2.28 bits per heavy atom. The summed E-state index contributed by atoms with van der Waals surface area (Å²) in [5.74, 6) is 0. The Kier molecular flexibility index (Phi) is 11.3. The van der Waals surface area contributed by atoms with Crippen molar-refractivity contribution in [3.63, 3.8) is 0 Å². The van der Waals surface area contributed by atoms with E-state index in [0.29, 0.717) is 19.4 Å². The zero-order valence-electron chi connectivity index (χ0n) is 10.9. The fraction of sp³-hybridized carbons (Fsp3) is 0.833. The molecule has 6 nitrogen and oxygen atoms in total. The van der Waals surface area contributed by atoms with Crippen molar-refractivity contribution in [2.75, 3.05) is 13.2 Å². The third-order valence-electron chi connectivity index (χ3n) is 2.15. The first kappa shape index (κ1) is 16.7. The quantitative estimate of drug-likeness (QED) is 0.321. The maximum atomic E-state index is 10.3. The van der Waals surface area contributed by atoms with Gasteiger partial charge in [-0.1, -0.05) is 13.8 Å². The minimum Gasteiger partial charge on any atom is -0.381 e. The first-order valence-corrected chi connectivity index (χ1v) is 6.15. The molecule has 0 aliphatic heterocycles. The van der Waals surface area contributed by atoms with Gasteiger partial charge in [-0.05, 0) is 25.7 Å². The normalized spacial score (nSPS) is 13.2. The van der Waals surface area contributed by atoms with E-state index in [1.165, 1.54) is 12.2 Å². The monoisotopic (exact) mass is 256 g/mol. The highest BCUT2D eigenvalue weighted by Crippen LogP contribution is 2.10. The van der Waals surface area contributed by atoms with Crippen molar-refractivity contribution in [3.8, 4) is 0 Å². The van der Waals surface area contributed by atoms with Crippen molar-refractivity contribution >= 4 is 12.2 Å². The number of ether oxygens (including phenoxy) is 2. The lowest BCUT2D eigenvalue weighted by molar-refractivity contribution is -0.0127. The molecule has 0 aliphatic carbocycles. The van der Waals surface area contributed by atoms with Crippen molar-refractivity contribution in [1.82, 2.24) is 0 Å². The van der Waals surface area contributed by atoms with Gasteiger partial charge in [-0.3, -0.25) is 0 Å². The van der Waals surface area contributed by atoms with Gasteiger partial charge in [0.15, 0.2) is 12.5 Å². The van der Waals surface area contributed by atoms with E-state index in [1.807, 2.05) is 13.8 Å². The molecule has 18 heavy (non-hydrogen) atoms. The number of hydrogen-bond acceptors (Lipinski definition) is 6. The molecule has 0 saturated carbocycles. The summed E-state index contributed by atoms with van der Waals surface area (Å²) in [6.45, 7) is 5.16. The van der Waals surface area contributed by atoms with Crippen LogP contribution in [0.5, 0.6) is 0 Å². The van der Waals surface area contributed by atoms with Gasteiger partial charge in [-0.2, -0.15) is 9.98 Å². The molecule has 0 heterocycles. The third-order valence-corrected chi connectivity index (χ3v) is 2.15. The average molecular weight is 256 g/mol. The van der Waals surface area contributed by atoms with Gasteiger partial charge >= 0.3 is 0 Å². The van der Waals surface area contributed by atoms with E-state index in [9.17, 15) is 9.59 Å². The number of nitrogens with zero attached hydrogens (tertiary/aromatic N) is 2. The van der Waals surface area contributed by atoms with E-state index in [0.717, 1.165) is 19.4 Å². The van der Waals surface area contributed by atoms with Crippen LogP contribution in [0.2, 0.25) is 0 Å². The largest absolute Gasteiger partial charge is 0.381 e. The number of hydrogen-bond donors (Lipinski definition) is 0. The van der Waals surface area contributed by atoms with E-state index in [-0.39, 0.29) is 0 Å². The summed E-state index contributed by atoms with van der Waals surface area (Å²) < 4.78 is 10.7. The summed E-state index contributed by atoms with van der Waals surface area (Å²) in [6, 6.07) is 0. The highest BCUT2D eigenvalue weighted by atomic mass is 16.5. The topological polar surface area (TPSA) is 77.3 Å². The van der Waals surface area contributed by atoms with Crippen molar-refractivity contribution in [3.05, 3.63) is 0 Å². The van der Waals surface area contributed by atoms with Gasteiger partial charge in [0.05, 0.1) is 0 Å². The Morgan fingerprint density at radius 1 is 1.06 bits per heavy atom. The van der Waals surface area contributed by atoms with Crippen LogP contribution in [0.3, 0.4) is 0 Å². The minimum atomic E-state index is -0.630. The molecule has 0 aromatic rings. The van der Waals surface area contributed by atoms with E-state index in [2.05, 4.69) is 9.98 Å². The van der Waals surface area contributed by atoms with Crippen molar-refractivity contribution in [2.24, 2.45) is 9.98 Å². The van der Waals surface area contributed by atoms with Crippen molar-refractivity contribution in [1.29, 1.82) is 0 Å². The van der Waals surface area contributed by atoms with Crippen LogP contribution in [0.15, 0.2) is 9.98 Å². The molecular weight excluding hydrogens is 236 g/mol. The lowest BCUT2D eigenvalue weighted by atomic mass is 10.3. The summed E-state index contributed by atoms with van der Waals surface area (Å²) in [4.78, 5) is 27.4. The molecule has 0 N–H and O–H groups in total. The lowest BCUT2D eigenvalue weighted by Gasteiger charge is -2.15. The van der Waals surface area contributed by atoms with E-state index < -0.39 is 12.5 Å². The molecule has 2 unspecified atom stereocenters. The molecule has 0 bridgehead atoms. The van der Waals surface area contributed by atoms with E-state index >= 15 is 0 Å². The summed E-state index contributed by atoms with van der Waals surface area (Å²) >= 11 is 0. The summed E-state index contributed by atoms with van der Waals surface area (Å²) in [5, 5.41) is 0. The molecule has 0 rings (SSSR count). The number of carbonyl (C=O) groups excluding carboxylic acids is 2. The molecular formula is C12H20N2O4. The predicted molar refractivity (Wildman–Crippen MR) is 65.5 cm³/mol. The molecule has 0 aliphatic rings. The first-order valence-electron chi connectivity index (χ1n) is 6.15. The Balaban J connectivity index is 4.05. The van der Waals surface area contributed by atoms with Crippen molar-refractivity contribution < 1.29 is 19.1 Å².